The molecule has 3 aromatic carbocycles. The van der Waals surface area contributed by atoms with E-state index in [0.29, 0.717) is 23.7 Å². The molecule has 0 radical (unpaired) electrons. The summed E-state index contributed by atoms with van der Waals surface area (Å²) in [6.45, 7) is 1.44. The van der Waals surface area contributed by atoms with Gasteiger partial charge < -0.3 is 15.4 Å². The van der Waals surface area contributed by atoms with Gasteiger partial charge in [-0.3, -0.25) is 4.79 Å². The van der Waals surface area contributed by atoms with Crippen LogP contribution in [0.5, 0.6) is 11.5 Å². The molecule has 3 aromatic rings. The van der Waals surface area contributed by atoms with Crippen LogP contribution in [-0.4, -0.2) is 19.0 Å². The molecule has 28 heavy (non-hydrogen) atoms. The molecule has 4 nitrogen and oxygen atoms in total. The van der Waals surface area contributed by atoms with Crippen LogP contribution in [0.3, 0.4) is 0 Å². The SMILES string of the molecule is O=C(Nc1cccc(Oc2ccc(F)cc2)c1)C1CNCC1c1ccccc1. The maximum atomic E-state index is 13.0. The topological polar surface area (TPSA) is 50.4 Å². The Bertz CT molecular complexity index is 944. The summed E-state index contributed by atoms with van der Waals surface area (Å²) in [5.74, 6) is 0.802. The molecule has 1 aliphatic rings. The molecule has 4 rings (SSSR count). The van der Waals surface area contributed by atoms with Gasteiger partial charge in [0.15, 0.2) is 0 Å². The van der Waals surface area contributed by atoms with Gasteiger partial charge in [0.1, 0.15) is 17.3 Å². The Labute approximate surface area is 163 Å². The fourth-order valence-electron chi connectivity index (χ4n) is 3.52. The lowest BCUT2D eigenvalue weighted by atomic mass is 9.88. The number of ether oxygens (including phenoxy) is 1. The van der Waals surface area contributed by atoms with Crippen molar-refractivity contribution >= 4 is 11.6 Å². The van der Waals surface area contributed by atoms with Crippen LogP contribution in [0.25, 0.3) is 0 Å². The van der Waals surface area contributed by atoms with E-state index in [1.54, 1.807) is 24.3 Å². The first-order chi connectivity index (χ1) is 13.7. The molecule has 1 aliphatic heterocycles. The average molecular weight is 376 g/mol. The van der Waals surface area contributed by atoms with Crippen molar-refractivity contribution < 1.29 is 13.9 Å². The third-order valence-electron chi connectivity index (χ3n) is 4.93. The maximum absolute atomic E-state index is 13.0. The second-order valence-electron chi connectivity index (χ2n) is 6.85. The van der Waals surface area contributed by atoms with Crippen LogP contribution in [0, 0.1) is 11.7 Å². The minimum absolute atomic E-state index is 0.0159. The number of benzene rings is 3. The average Bonchev–Trinajstić information content (AvgIpc) is 3.21. The second kappa shape index (κ2) is 8.23. The number of carbonyl (C=O) groups excluding carboxylic acids is 1. The Morgan fingerprint density at radius 2 is 1.71 bits per heavy atom. The standard InChI is InChI=1S/C23H21FN2O2/c24-17-9-11-19(12-10-17)28-20-8-4-7-18(13-20)26-23(27)22-15-25-14-21(22)16-5-2-1-3-6-16/h1-13,21-22,25H,14-15H2,(H,26,27). The lowest BCUT2D eigenvalue weighted by Crippen LogP contribution is -2.28. The molecule has 142 valence electrons. The van der Waals surface area contributed by atoms with Crippen molar-refractivity contribution in [3.8, 4) is 11.5 Å². The molecule has 0 aliphatic carbocycles. The fourth-order valence-corrected chi connectivity index (χ4v) is 3.52. The highest BCUT2D eigenvalue weighted by Crippen LogP contribution is 2.30. The zero-order chi connectivity index (χ0) is 19.3. The molecule has 2 unspecified atom stereocenters. The normalized spacial score (nSPS) is 18.6. The minimum atomic E-state index is -0.313. The van der Waals surface area contributed by atoms with Gasteiger partial charge >= 0.3 is 0 Å². The van der Waals surface area contributed by atoms with Gasteiger partial charge in [-0.2, -0.15) is 0 Å². The molecule has 1 saturated heterocycles. The maximum Gasteiger partial charge on any atom is 0.229 e. The van der Waals surface area contributed by atoms with Crippen LogP contribution in [-0.2, 0) is 4.79 Å². The number of hydrogen-bond acceptors (Lipinski definition) is 3. The highest BCUT2D eigenvalue weighted by Gasteiger charge is 2.33. The molecule has 1 fully saturated rings. The van der Waals surface area contributed by atoms with Crippen LogP contribution in [0.4, 0.5) is 10.1 Å². The molecule has 1 amide bonds. The Morgan fingerprint density at radius 1 is 0.929 bits per heavy atom. The van der Waals surface area contributed by atoms with Crippen molar-refractivity contribution in [1.82, 2.24) is 5.32 Å². The van der Waals surface area contributed by atoms with E-state index in [0.717, 1.165) is 6.54 Å². The molecule has 2 N–H and O–H groups in total. The zero-order valence-electron chi connectivity index (χ0n) is 15.3. The van der Waals surface area contributed by atoms with Gasteiger partial charge in [-0.15, -0.1) is 0 Å². The first-order valence-corrected chi connectivity index (χ1v) is 9.29. The van der Waals surface area contributed by atoms with E-state index < -0.39 is 0 Å². The lowest BCUT2D eigenvalue weighted by molar-refractivity contribution is -0.119. The predicted octanol–water partition coefficient (Wildman–Crippen LogP) is 4.56. The van der Waals surface area contributed by atoms with Gasteiger partial charge in [0.2, 0.25) is 5.91 Å². The van der Waals surface area contributed by atoms with Gasteiger partial charge in [-0.1, -0.05) is 36.4 Å². The highest BCUT2D eigenvalue weighted by atomic mass is 19.1. The first kappa shape index (κ1) is 18.2. The third-order valence-corrected chi connectivity index (χ3v) is 4.93. The number of rotatable bonds is 5. The summed E-state index contributed by atoms with van der Waals surface area (Å²) in [6.07, 6.45) is 0. The summed E-state index contributed by atoms with van der Waals surface area (Å²) in [5.41, 5.74) is 1.84. The quantitative estimate of drug-likeness (QED) is 0.686. The van der Waals surface area contributed by atoms with E-state index in [1.807, 2.05) is 30.3 Å². The van der Waals surface area contributed by atoms with E-state index in [1.165, 1.54) is 17.7 Å². The van der Waals surface area contributed by atoms with Crippen molar-refractivity contribution in [3.05, 3.63) is 90.2 Å². The molecular formula is C23H21FN2O2. The summed E-state index contributed by atoms with van der Waals surface area (Å²) in [7, 11) is 0. The van der Waals surface area contributed by atoms with E-state index in [-0.39, 0.29) is 23.6 Å². The summed E-state index contributed by atoms with van der Waals surface area (Å²) in [6, 6.07) is 23.1. The van der Waals surface area contributed by atoms with Crippen LogP contribution in [0.15, 0.2) is 78.9 Å². The number of hydrogen-bond donors (Lipinski definition) is 2. The van der Waals surface area contributed by atoms with Gasteiger partial charge in [0.05, 0.1) is 5.92 Å². The van der Waals surface area contributed by atoms with Crippen molar-refractivity contribution in [3.63, 3.8) is 0 Å². The van der Waals surface area contributed by atoms with Crippen LogP contribution >= 0.6 is 0 Å². The van der Waals surface area contributed by atoms with Crippen LogP contribution < -0.4 is 15.4 Å². The largest absolute Gasteiger partial charge is 0.457 e. The summed E-state index contributed by atoms with van der Waals surface area (Å²) < 4.78 is 18.8. The van der Waals surface area contributed by atoms with Gasteiger partial charge in [0.25, 0.3) is 0 Å². The fraction of sp³-hybridized carbons (Fsp3) is 0.174. The molecule has 0 spiro atoms. The third kappa shape index (κ3) is 4.21. The summed E-state index contributed by atoms with van der Waals surface area (Å²) in [4.78, 5) is 12.9. The summed E-state index contributed by atoms with van der Waals surface area (Å²) in [5, 5.41) is 6.32. The monoisotopic (exact) mass is 376 g/mol. The molecule has 0 saturated carbocycles. The summed E-state index contributed by atoms with van der Waals surface area (Å²) >= 11 is 0. The number of anilines is 1. The Balaban J connectivity index is 1.45. The number of amides is 1. The van der Waals surface area contributed by atoms with Crippen LogP contribution in [0.2, 0.25) is 0 Å². The van der Waals surface area contributed by atoms with E-state index >= 15 is 0 Å². The molecule has 0 aromatic heterocycles. The molecule has 0 bridgehead atoms. The van der Waals surface area contributed by atoms with Crippen molar-refractivity contribution in [2.45, 2.75) is 5.92 Å². The lowest BCUT2D eigenvalue weighted by Gasteiger charge is -2.19. The van der Waals surface area contributed by atoms with Crippen molar-refractivity contribution in [2.24, 2.45) is 5.92 Å². The van der Waals surface area contributed by atoms with Crippen LogP contribution in [0.1, 0.15) is 11.5 Å². The number of nitrogens with one attached hydrogen (secondary N) is 2. The Hall–Kier alpha value is -3.18. The van der Waals surface area contributed by atoms with E-state index in [2.05, 4.69) is 22.8 Å². The molecular weight excluding hydrogens is 355 g/mol. The van der Waals surface area contributed by atoms with Gasteiger partial charge in [-0.25, -0.2) is 4.39 Å². The van der Waals surface area contributed by atoms with Crippen molar-refractivity contribution in [2.75, 3.05) is 18.4 Å². The Morgan fingerprint density at radius 3 is 2.50 bits per heavy atom. The molecule has 1 heterocycles. The first-order valence-electron chi connectivity index (χ1n) is 9.29. The van der Waals surface area contributed by atoms with Gasteiger partial charge in [-0.05, 0) is 42.0 Å². The molecule has 5 heteroatoms. The number of carbonyl (C=O) groups is 1. The second-order valence-corrected chi connectivity index (χ2v) is 6.85. The van der Waals surface area contributed by atoms with Crippen molar-refractivity contribution in [1.29, 1.82) is 0 Å². The zero-order valence-corrected chi connectivity index (χ0v) is 15.3. The minimum Gasteiger partial charge on any atom is -0.457 e. The predicted molar refractivity (Wildman–Crippen MR) is 107 cm³/mol. The Kier molecular flexibility index (Phi) is 5.35. The smallest absolute Gasteiger partial charge is 0.229 e. The number of halogens is 1. The highest BCUT2D eigenvalue weighted by molar-refractivity contribution is 5.93. The van der Waals surface area contributed by atoms with E-state index in [9.17, 15) is 9.18 Å². The van der Waals surface area contributed by atoms with Gasteiger partial charge in [0, 0.05) is 30.8 Å². The molecule has 2 atom stereocenters. The van der Waals surface area contributed by atoms with E-state index in [4.69, 9.17) is 4.74 Å².